The van der Waals surface area contributed by atoms with Crippen LogP contribution in [0.25, 0.3) is 33.7 Å². The number of hydrogen-bond donors (Lipinski definition) is 0. The Morgan fingerprint density at radius 3 is 2.48 bits per heavy atom. The molecule has 100 valence electrons. The number of benzene rings is 2. The third-order valence-corrected chi connectivity index (χ3v) is 3.81. The molecule has 0 amide bonds. The summed E-state index contributed by atoms with van der Waals surface area (Å²) in [6.07, 6.45) is 3.70. The van der Waals surface area contributed by atoms with Gasteiger partial charge in [0.1, 0.15) is 5.82 Å². The normalized spacial score (nSPS) is 11.0. The molecule has 0 radical (unpaired) electrons. The highest BCUT2D eigenvalue weighted by atomic mass is 15.1. The molecule has 2 heterocycles. The fourth-order valence-electron chi connectivity index (χ4n) is 2.85. The summed E-state index contributed by atoms with van der Waals surface area (Å²) in [6.45, 7) is 3.87. The van der Waals surface area contributed by atoms with Crippen molar-refractivity contribution in [3.8, 4) is 5.82 Å². The van der Waals surface area contributed by atoms with E-state index >= 15 is 0 Å². The molecule has 0 fully saturated rings. The van der Waals surface area contributed by atoms with Gasteiger partial charge in [0.15, 0.2) is 0 Å². The predicted octanol–water partition coefficient (Wildman–Crippen LogP) is 4.82. The standard InChI is InChI=1S/C19H14N2/c1-2-14-10-11-16-15-7-3-4-8-17(15)21(18(16)13-14)19-9-5-6-12-20-19/h2-13H,1H2. The summed E-state index contributed by atoms with van der Waals surface area (Å²) in [7, 11) is 0. The van der Waals surface area contributed by atoms with Crippen molar-refractivity contribution in [2.24, 2.45) is 0 Å². The Labute approximate surface area is 123 Å². The first-order valence-electron chi connectivity index (χ1n) is 6.95. The molecule has 0 aliphatic heterocycles. The minimum Gasteiger partial charge on any atom is -0.294 e. The Bertz CT molecular complexity index is 949. The van der Waals surface area contributed by atoms with Crippen molar-refractivity contribution in [1.29, 1.82) is 0 Å². The van der Waals surface area contributed by atoms with E-state index in [0.29, 0.717) is 0 Å². The molecule has 21 heavy (non-hydrogen) atoms. The van der Waals surface area contributed by atoms with Gasteiger partial charge < -0.3 is 0 Å². The van der Waals surface area contributed by atoms with Crippen LogP contribution in [0.4, 0.5) is 0 Å². The van der Waals surface area contributed by atoms with Crippen molar-refractivity contribution in [3.63, 3.8) is 0 Å². The van der Waals surface area contributed by atoms with Gasteiger partial charge in [-0.15, -0.1) is 0 Å². The van der Waals surface area contributed by atoms with Crippen molar-refractivity contribution < 1.29 is 0 Å². The fourth-order valence-corrected chi connectivity index (χ4v) is 2.85. The molecule has 2 nitrogen and oxygen atoms in total. The van der Waals surface area contributed by atoms with Crippen LogP contribution in [-0.4, -0.2) is 9.55 Å². The molecule has 0 aliphatic carbocycles. The van der Waals surface area contributed by atoms with Crippen LogP contribution in [0.1, 0.15) is 5.56 Å². The summed E-state index contributed by atoms with van der Waals surface area (Å²) in [5, 5.41) is 2.48. The van der Waals surface area contributed by atoms with Gasteiger partial charge in [0.25, 0.3) is 0 Å². The number of hydrogen-bond acceptors (Lipinski definition) is 1. The maximum Gasteiger partial charge on any atom is 0.137 e. The molecule has 4 aromatic rings. The molecule has 0 saturated carbocycles. The van der Waals surface area contributed by atoms with Crippen LogP contribution in [0.3, 0.4) is 0 Å². The zero-order valence-corrected chi connectivity index (χ0v) is 11.5. The first-order valence-corrected chi connectivity index (χ1v) is 6.95. The molecule has 0 spiro atoms. The van der Waals surface area contributed by atoms with Gasteiger partial charge in [-0.25, -0.2) is 4.98 Å². The molecule has 0 N–H and O–H groups in total. The monoisotopic (exact) mass is 270 g/mol. The molecular formula is C19H14N2. The van der Waals surface area contributed by atoms with Gasteiger partial charge in [-0.2, -0.15) is 0 Å². The smallest absolute Gasteiger partial charge is 0.137 e. The SMILES string of the molecule is C=Cc1ccc2c3ccccc3n(-c3ccccn3)c2c1. The Hall–Kier alpha value is -2.87. The average Bonchev–Trinajstić information content (AvgIpc) is 2.89. The van der Waals surface area contributed by atoms with Crippen molar-refractivity contribution in [2.45, 2.75) is 0 Å². The Kier molecular flexibility index (Phi) is 2.61. The predicted molar refractivity (Wildman–Crippen MR) is 88.7 cm³/mol. The van der Waals surface area contributed by atoms with Gasteiger partial charge in [-0.05, 0) is 29.8 Å². The molecule has 2 aromatic heterocycles. The summed E-state index contributed by atoms with van der Waals surface area (Å²) in [5.74, 6) is 0.935. The molecule has 0 aliphatic rings. The fraction of sp³-hybridized carbons (Fsp3) is 0. The highest BCUT2D eigenvalue weighted by Crippen LogP contribution is 2.31. The Morgan fingerprint density at radius 1 is 0.857 bits per heavy atom. The van der Waals surface area contributed by atoms with Crippen LogP contribution in [0, 0.1) is 0 Å². The van der Waals surface area contributed by atoms with Gasteiger partial charge in [0.2, 0.25) is 0 Å². The highest BCUT2D eigenvalue weighted by Gasteiger charge is 2.12. The third-order valence-electron chi connectivity index (χ3n) is 3.81. The van der Waals surface area contributed by atoms with Crippen molar-refractivity contribution in [2.75, 3.05) is 0 Å². The maximum atomic E-state index is 4.51. The lowest BCUT2D eigenvalue weighted by molar-refractivity contribution is 1.08. The maximum absolute atomic E-state index is 4.51. The molecule has 0 unspecified atom stereocenters. The van der Waals surface area contributed by atoms with Crippen LogP contribution in [0.15, 0.2) is 73.4 Å². The van der Waals surface area contributed by atoms with Gasteiger partial charge in [-0.1, -0.05) is 49.1 Å². The van der Waals surface area contributed by atoms with E-state index in [1.165, 1.54) is 16.3 Å². The molecule has 2 aromatic carbocycles. The number of pyridine rings is 1. The van der Waals surface area contributed by atoms with E-state index in [9.17, 15) is 0 Å². The summed E-state index contributed by atoms with van der Waals surface area (Å²) in [4.78, 5) is 4.51. The lowest BCUT2D eigenvalue weighted by Gasteiger charge is -2.06. The molecular weight excluding hydrogens is 256 g/mol. The second kappa shape index (κ2) is 4.60. The number of rotatable bonds is 2. The van der Waals surface area contributed by atoms with E-state index in [0.717, 1.165) is 16.9 Å². The van der Waals surface area contributed by atoms with Crippen LogP contribution in [-0.2, 0) is 0 Å². The third kappa shape index (κ3) is 1.77. The van der Waals surface area contributed by atoms with Crippen LogP contribution in [0.5, 0.6) is 0 Å². The number of para-hydroxylation sites is 1. The van der Waals surface area contributed by atoms with Gasteiger partial charge in [0, 0.05) is 17.0 Å². The van der Waals surface area contributed by atoms with Crippen molar-refractivity contribution in [3.05, 3.63) is 79.0 Å². The molecule has 0 bridgehead atoms. The van der Waals surface area contributed by atoms with Gasteiger partial charge >= 0.3 is 0 Å². The van der Waals surface area contributed by atoms with E-state index in [4.69, 9.17) is 0 Å². The first-order chi connectivity index (χ1) is 10.4. The number of aromatic nitrogens is 2. The molecule has 2 heteroatoms. The van der Waals surface area contributed by atoms with Crippen LogP contribution >= 0.6 is 0 Å². The van der Waals surface area contributed by atoms with E-state index in [1.807, 2.05) is 30.5 Å². The first kappa shape index (κ1) is 11.9. The summed E-state index contributed by atoms with van der Waals surface area (Å²) in [6, 6.07) is 20.8. The van der Waals surface area contributed by atoms with Crippen LogP contribution in [0.2, 0.25) is 0 Å². The number of fused-ring (bicyclic) bond motifs is 3. The molecule has 0 saturated heterocycles. The topological polar surface area (TPSA) is 17.8 Å². The minimum absolute atomic E-state index is 0.935. The van der Waals surface area contributed by atoms with E-state index in [1.54, 1.807) is 0 Å². The largest absolute Gasteiger partial charge is 0.294 e. The minimum atomic E-state index is 0.935. The van der Waals surface area contributed by atoms with Gasteiger partial charge in [0.05, 0.1) is 11.0 Å². The highest BCUT2D eigenvalue weighted by molar-refractivity contribution is 6.09. The van der Waals surface area contributed by atoms with E-state index in [-0.39, 0.29) is 0 Å². The average molecular weight is 270 g/mol. The zero-order valence-electron chi connectivity index (χ0n) is 11.5. The molecule has 4 rings (SSSR count). The molecule has 0 atom stereocenters. The Balaban J connectivity index is 2.21. The lowest BCUT2D eigenvalue weighted by atomic mass is 10.1. The van der Waals surface area contributed by atoms with Crippen molar-refractivity contribution >= 4 is 27.9 Å². The van der Waals surface area contributed by atoms with E-state index in [2.05, 4.69) is 58.6 Å². The summed E-state index contributed by atoms with van der Waals surface area (Å²) >= 11 is 0. The summed E-state index contributed by atoms with van der Waals surface area (Å²) in [5.41, 5.74) is 3.45. The quantitative estimate of drug-likeness (QED) is 0.510. The summed E-state index contributed by atoms with van der Waals surface area (Å²) < 4.78 is 2.21. The van der Waals surface area contributed by atoms with Gasteiger partial charge in [-0.3, -0.25) is 4.57 Å². The van der Waals surface area contributed by atoms with Crippen LogP contribution < -0.4 is 0 Å². The Morgan fingerprint density at radius 2 is 1.67 bits per heavy atom. The second-order valence-corrected chi connectivity index (χ2v) is 5.02. The second-order valence-electron chi connectivity index (χ2n) is 5.02. The zero-order chi connectivity index (χ0) is 14.2. The van der Waals surface area contributed by atoms with Crippen molar-refractivity contribution in [1.82, 2.24) is 9.55 Å². The number of nitrogens with zero attached hydrogens (tertiary/aromatic N) is 2. The van der Waals surface area contributed by atoms with E-state index < -0.39 is 0 Å². The lowest BCUT2D eigenvalue weighted by Crippen LogP contribution is -1.96.